The smallest absolute Gasteiger partial charge is 0.0159 e. The molecule has 1 aliphatic rings. The summed E-state index contributed by atoms with van der Waals surface area (Å²) in [4.78, 5) is 0. The summed E-state index contributed by atoms with van der Waals surface area (Å²) in [6, 6.07) is 45.2. The molecule has 0 fully saturated rings. The van der Waals surface area contributed by atoms with Gasteiger partial charge in [-0.05, 0) is 89.0 Å². The summed E-state index contributed by atoms with van der Waals surface area (Å²) < 4.78 is 0. The highest BCUT2D eigenvalue weighted by atomic mass is 14.4. The van der Waals surface area contributed by atoms with Crippen LogP contribution in [-0.2, 0) is 5.41 Å². The van der Waals surface area contributed by atoms with Crippen molar-refractivity contribution in [3.8, 4) is 33.4 Å². The van der Waals surface area contributed by atoms with Crippen LogP contribution in [0.25, 0.3) is 65.7 Å². The van der Waals surface area contributed by atoms with E-state index in [2.05, 4.69) is 135 Å². The van der Waals surface area contributed by atoms with E-state index in [9.17, 15) is 0 Å². The van der Waals surface area contributed by atoms with E-state index in [0.717, 1.165) is 0 Å². The van der Waals surface area contributed by atoms with Crippen molar-refractivity contribution in [2.24, 2.45) is 0 Å². The molecule has 0 aliphatic heterocycles. The van der Waals surface area contributed by atoms with E-state index < -0.39 is 0 Å². The Morgan fingerprint density at radius 2 is 1.05 bits per heavy atom. The first-order valence-corrected chi connectivity index (χ1v) is 13.1. The zero-order valence-electron chi connectivity index (χ0n) is 21.0. The first kappa shape index (κ1) is 20.7. The van der Waals surface area contributed by atoms with Gasteiger partial charge in [0.2, 0.25) is 0 Å². The maximum Gasteiger partial charge on any atom is 0.0159 e. The molecule has 0 nitrogen and oxygen atoms in total. The highest BCUT2D eigenvalue weighted by molar-refractivity contribution is 6.26. The fraction of sp³-hybridized carbons (Fsp3) is 0.0811. The Bertz CT molecular complexity index is 1990. The highest BCUT2D eigenvalue weighted by Crippen LogP contribution is 2.49. The zero-order chi connectivity index (χ0) is 24.7. The molecular formula is C37H26. The van der Waals surface area contributed by atoms with Crippen LogP contribution in [0.1, 0.15) is 25.0 Å². The molecule has 0 radical (unpaired) electrons. The third kappa shape index (κ3) is 2.84. The summed E-state index contributed by atoms with van der Waals surface area (Å²) in [6.07, 6.45) is 0. The van der Waals surface area contributed by atoms with Gasteiger partial charge in [-0.3, -0.25) is 0 Å². The molecule has 0 unspecified atom stereocenters. The molecule has 0 heterocycles. The molecule has 0 N–H and O–H groups in total. The van der Waals surface area contributed by atoms with E-state index in [1.165, 1.54) is 76.8 Å². The fourth-order valence-corrected chi connectivity index (χ4v) is 6.73. The van der Waals surface area contributed by atoms with Crippen LogP contribution in [-0.4, -0.2) is 0 Å². The molecule has 37 heavy (non-hydrogen) atoms. The van der Waals surface area contributed by atoms with Crippen LogP contribution in [0.5, 0.6) is 0 Å². The fourth-order valence-electron chi connectivity index (χ4n) is 6.73. The van der Waals surface area contributed by atoms with Gasteiger partial charge in [0.15, 0.2) is 0 Å². The van der Waals surface area contributed by atoms with Gasteiger partial charge in [0, 0.05) is 5.41 Å². The average Bonchev–Trinajstić information content (AvgIpc) is 3.18. The number of benzene rings is 7. The number of hydrogen-bond acceptors (Lipinski definition) is 0. The Morgan fingerprint density at radius 3 is 1.89 bits per heavy atom. The van der Waals surface area contributed by atoms with Gasteiger partial charge < -0.3 is 0 Å². The molecule has 0 bridgehead atoms. The Balaban J connectivity index is 1.26. The molecule has 0 aromatic heterocycles. The lowest BCUT2D eigenvalue weighted by Crippen LogP contribution is -2.14. The van der Waals surface area contributed by atoms with Gasteiger partial charge in [0.05, 0.1) is 0 Å². The topological polar surface area (TPSA) is 0 Å². The van der Waals surface area contributed by atoms with Crippen LogP contribution in [0.15, 0.2) is 121 Å². The Hall–Kier alpha value is -4.42. The molecule has 0 atom stereocenters. The van der Waals surface area contributed by atoms with Crippen molar-refractivity contribution in [3.63, 3.8) is 0 Å². The molecule has 1 aliphatic carbocycles. The normalized spacial score (nSPS) is 13.9. The third-order valence-electron chi connectivity index (χ3n) is 8.62. The molecule has 174 valence electrons. The van der Waals surface area contributed by atoms with Crippen molar-refractivity contribution in [2.45, 2.75) is 19.3 Å². The molecule has 0 heteroatoms. The van der Waals surface area contributed by atoms with Crippen LogP contribution in [0, 0.1) is 0 Å². The Kier molecular flexibility index (Phi) is 4.10. The maximum absolute atomic E-state index is 2.40. The molecule has 0 amide bonds. The summed E-state index contributed by atoms with van der Waals surface area (Å²) in [7, 11) is 0. The third-order valence-corrected chi connectivity index (χ3v) is 8.62. The quantitative estimate of drug-likeness (QED) is 0.220. The predicted octanol–water partition coefficient (Wildman–Crippen LogP) is 10.2. The number of hydrogen-bond donors (Lipinski definition) is 0. The Labute approximate surface area is 217 Å². The Morgan fingerprint density at radius 1 is 0.405 bits per heavy atom. The van der Waals surface area contributed by atoms with Crippen molar-refractivity contribution >= 4 is 32.3 Å². The van der Waals surface area contributed by atoms with Crippen LogP contribution in [0.4, 0.5) is 0 Å². The van der Waals surface area contributed by atoms with Gasteiger partial charge in [0.1, 0.15) is 0 Å². The van der Waals surface area contributed by atoms with Crippen LogP contribution in [0.3, 0.4) is 0 Å². The van der Waals surface area contributed by atoms with E-state index in [-0.39, 0.29) is 5.41 Å². The number of fused-ring (bicyclic) bond motifs is 3. The molecular weight excluding hydrogens is 444 g/mol. The van der Waals surface area contributed by atoms with E-state index in [0.29, 0.717) is 0 Å². The van der Waals surface area contributed by atoms with Gasteiger partial charge in [0.25, 0.3) is 0 Å². The van der Waals surface area contributed by atoms with Gasteiger partial charge in [-0.25, -0.2) is 0 Å². The van der Waals surface area contributed by atoms with Crippen molar-refractivity contribution in [1.82, 2.24) is 0 Å². The van der Waals surface area contributed by atoms with Crippen LogP contribution < -0.4 is 0 Å². The maximum atomic E-state index is 2.40. The standard InChI is InChI=1S/C37H26/c1-37(2)33-12-4-3-10-29(33)30-20-19-27(22-34(30)37)23-13-15-24(16-14-23)32-21-28-9-5-7-25-17-18-26-8-6-11-31(32)36(26)35(25)28/h3-22H,1-2H3. The SMILES string of the molecule is CC1(C)c2ccccc2-c2ccc(-c3ccc(-c4cc5cccc6ccc7cccc4c7c65)cc3)cc21. The summed E-state index contributed by atoms with van der Waals surface area (Å²) in [5.74, 6) is 0. The minimum absolute atomic E-state index is 0.0158. The average molecular weight is 471 g/mol. The van der Waals surface area contributed by atoms with E-state index in [1.54, 1.807) is 0 Å². The second-order valence-electron chi connectivity index (χ2n) is 11.0. The van der Waals surface area contributed by atoms with Crippen molar-refractivity contribution in [2.75, 3.05) is 0 Å². The first-order valence-electron chi connectivity index (χ1n) is 13.1. The monoisotopic (exact) mass is 470 g/mol. The molecule has 7 aromatic carbocycles. The van der Waals surface area contributed by atoms with Crippen molar-refractivity contribution in [3.05, 3.63) is 132 Å². The second-order valence-corrected chi connectivity index (χ2v) is 11.0. The predicted molar refractivity (Wildman–Crippen MR) is 159 cm³/mol. The van der Waals surface area contributed by atoms with Gasteiger partial charge >= 0.3 is 0 Å². The van der Waals surface area contributed by atoms with E-state index in [1.807, 2.05) is 0 Å². The molecule has 0 saturated heterocycles. The molecule has 8 rings (SSSR count). The summed E-state index contributed by atoms with van der Waals surface area (Å²) in [5, 5.41) is 7.99. The molecule has 0 spiro atoms. The number of rotatable bonds is 2. The largest absolute Gasteiger partial charge is 0.0619 e. The lowest BCUT2D eigenvalue weighted by atomic mass is 9.81. The van der Waals surface area contributed by atoms with Gasteiger partial charge in [-0.2, -0.15) is 0 Å². The van der Waals surface area contributed by atoms with Crippen LogP contribution in [0.2, 0.25) is 0 Å². The van der Waals surface area contributed by atoms with Crippen LogP contribution >= 0.6 is 0 Å². The van der Waals surface area contributed by atoms with Gasteiger partial charge in [-0.1, -0.05) is 123 Å². The minimum Gasteiger partial charge on any atom is -0.0619 e. The summed E-state index contributed by atoms with van der Waals surface area (Å²) in [5.41, 5.74) is 10.7. The highest BCUT2D eigenvalue weighted by Gasteiger charge is 2.35. The lowest BCUT2D eigenvalue weighted by molar-refractivity contribution is 0.660. The summed E-state index contributed by atoms with van der Waals surface area (Å²) in [6.45, 7) is 4.69. The first-order chi connectivity index (χ1) is 18.1. The summed E-state index contributed by atoms with van der Waals surface area (Å²) >= 11 is 0. The molecule has 7 aromatic rings. The van der Waals surface area contributed by atoms with Crippen molar-refractivity contribution < 1.29 is 0 Å². The zero-order valence-corrected chi connectivity index (χ0v) is 21.0. The molecule has 0 saturated carbocycles. The minimum atomic E-state index is 0.0158. The second kappa shape index (κ2) is 7.31. The van der Waals surface area contributed by atoms with E-state index >= 15 is 0 Å². The van der Waals surface area contributed by atoms with E-state index in [4.69, 9.17) is 0 Å². The van der Waals surface area contributed by atoms with Gasteiger partial charge in [-0.15, -0.1) is 0 Å². The lowest BCUT2D eigenvalue weighted by Gasteiger charge is -2.22. The van der Waals surface area contributed by atoms with Crippen molar-refractivity contribution in [1.29, 1.82) is 0 Å².